The summed E-state index contributed by atoms with van der Waals surface area (Å²) in [5.74, 6) is -0.0201. The van der Waals surface area contributed by atoms with Crippen LogP contribution in [0.1, 0.15) is 12.8 Å². The molecule has 1 amide bonds. The normalized spacial score (nSPS) is 17.4. The lowest BCUT2D eigenvalue weighted by atomic mass is 10.0. The maximum absolute atomic E-state index is 11.5. The van der Waals surface area contributed by atoms with E-state index in [9.17, 15) is 4.79 Å². The zero-order valence-electron chi connectivity index (χ0n) is 8.00. The topological polar surface area (TPSA) is 55.1 Å². The van der Waals surface area contributed by atoms with Crippen molar-refractivity contribution in [3.63, 3.8) is 0 Å². The van der Waals surface area contributed by atoms with Crippen LogP contribution in [-0.2, 0) is 4.79 Å². The van der Waals surface area contributed by atoms with Crippen LogP contribution >= 0.6 is 15.9 Å². The first-order chi connectivity index (χ1) is 6.75. The number of carbonyl (C=O) groups excluding carboxylic acids is 1. The Balaban J connectivity index is 2.47. The van der Waals surface area contributed by atoms with E-state index in [1.807, 2.05) is 6.08 Å². The summed E-state index contributed by atoms with van der Waals surface area (Å²) in [5, 5.41) is 2.74. The van der Waals surface area contributed by atoms with E-state index in [0.717, 1.165) is 18.4 Å². The number of amides is 1. The van der Waals surface area contributed by atoms with Gasteiger partial charge in [0.05, 0.1) is 0 Å². The van der Waals surface area contributed by atoms with Crippen molar-refractivity contribution >= 4 is 21.8 Å². The van der Waals surface area contributed by atoms with Gasteiger partial charge in [-0.15, -0.1) is 0 Å². The van der Waals surface area contributed by atoms with Crippen LogP contribution in [0.4, 0.5) is 0 Å². The first-order valence-corrected chi connectivity index (χ1v) is 5.65. The van der Waals surface area contributed by atoms with Crippen molar-refractivity contribution in [2.45, 2.75) is 17.7 Å². The van der Waals surface area contributed by atoms with Crippen LogP contribution in [0, 0.1) is 0 Å². The minimum Gasteiger partial charge on any atom is -0.354 e. The van der Waals surface area contributed by atoms with Gasteiger partial charge in [0.2, 0.25) is 5.91 Å². The summed E-state index contributed by atoms with van der Waals surface area (Å²) in [6.07, 6.45) is 8.23. The molecule has 0 saturated carbocycles. The Hall–Kier alpha value is -0.610. The monoisotopic (exact) mass is 258 g/mol. The molecule has 0 bridgehead atoms. The molecule has 1 unspecified atom stereocenters. The van der Waals surface area contributed by atoms with Gasteiger partial charge in [-0.25, -0.2) is 0 Å². The average molecular weight is 259 g/mol. The molecule has 0 radical (unpaired) electrons. The highest BCUT2D eigenvalue weighted by molar-refractivity contribution is 9.10. The standard InChI is InChI=1S/C10H15BrN2O/c11-9(10(14)13-7-6-12)8-4-2-1-3-5-8/h2,4-5,9H,1,3,6-7,12H2,(H,13,14). The molecule has 14 heavy (non-hydrogen) atoms. The van der Waals surface area contributed by atoms with E-state index in [4.69, 9.17) is 5.73 Å². The summed E-state index contributed by atoms with van der Waals surface area (Å²) in [4.78, 5) is 11.3. The highest BCUT2D eigenvalue weighted by atomic mass is 79.9. The van der Waals surface area contributed by atoms with Gasteiger partial charge in [0.25, 0.3) is 0 Å². The molecule has 0 spiro atoms. The third-order valence-electron chi connectivity index (χ3n) is 1.99. The van der Waals surface area contributed by atoms with Crippen molar-refractivity contribution in [2.75, 3.05) is 13.1 Å². The van der Waals surface area contributed by atoms with Gasteiger partial charge < -0.3 is 11.1 Å². The van der Waals surface area contributed by atoms with Crippen LogP contribution in [0.2, 0.25) is 0 Å². The quantitative estimate of drug-likeness (QED) is 0.743. The zero-order chi connectivity index (χ0) is 10.4. The molecule has 78 valence electrons. The molecule has 0 aromatic carbocycles. The number of hydrogen-bond acceptors (Lipinski definition) is 2. The van der Waals surface area contributed by atoms with Crippen molar-refractivity contribution in [1.29, 1.82) is 0 Å². The number of allylic oxidation sites excluding steroid dienone is 3. The number of alkyl halides is 1. The molecule has 1 aliphatic rings. The summed E-state index contributed by atoms with van der Waals surface area (Å²) in [6, 6.07) is 0. The molecule has 0 aliphatic heterocycles. The molecular weight excluding hydrogens is 244 g/mol. The molecule has 1 aliphatic carbocycles. The maximum atomic E-state index is 11.5. The molecule has 0 aromatic rings. The number of nitrogens with one attached hydrogen (secondary N) is 1. The van der Waals surface area contributed by atoms with Crippen molar-refractivity contribution in [1.82, 2.24) is 5.32 Å². The minimum atomic E-state index is -0.245. The molecule has 0 heterocycles. The van der Waals surface area contributed by atoms with Gasteiger partial charge >= 0.3 is 0 Å². The Bertz CT molecular complexity index is 261. The molecule has 0 saturated heterocycles. The summed E-state index contributed by atoms with van der Waals surface area (Å²) in [6.45, 7) is 0.998. The number of rotatable bonds is 4. The van der Waals surface area contributed by atoms with Gasteiger partial charge in [-0.3, -0.25) is 4.79 Å². The van der Waals surface area contributed by atoms with Gasteiger partial charge in [0, 0.05) is 13.1 Å². The maximum Gasteiger partial charge on any atom is 0.238 e. The van der Waals surface area contributed by atoms with Crippen molar-refractivity contribution in [2.24, 2.45) is 5.73 Å². The zero-order valence-corrected chi connectivity index (χ0v) is 9.59. The van der Waals surface area contributed by atoms with Crippen LogP contribution in [-0.4, -0.2) is 23.8 Å². The number of nitrogens with two attached hydrogens (primary N) is 1. The Morgan fingerprint density at radius 2 is 2.43 bits per heavy atom. The minimum absolute atomic E-state index is 0.0201. The van der Waals surface area contributed by atoms with Crippen molar-refractivity contribution in [3.8, 4) is 0 Å². The molecule has 3 nitrogen and oxygen atoms in total. The number of carbonyl (C=O) groups is 1. The predicted molar refractivity (Wildman–Crippen MR) is 61.2 cm³/mol. The highest BCUT2D eigenvalue weighted by Crippen LogP contribution is 2.19. The second kappa shape index (κ2) is 5.98. The first kappa shape index (κ1) is 11.5. The largest absolute Gasteiger partial charge is 0.354 e. The van der Waals surface area contributed by atoms with Gasteiger partial charge in [0.15, 0.2) is 0 Å². The van der Waals surface area contributed by atoms with Crippen LogP contribution in [0.25, 0.3) is 0 Å². The molecule has 1 rings (SSSR count). The van der Waals surface area contributed by atoms with E-state index in [1.54, 1.807) is 0 Å². The summed E-state index contributed by atoms with van der Waals surface area (Å²) in [5.41, 5.74) is 6.33. The molecule has 1 atom stereocenters. The van der Waals surface area contributed by atoms with Crippen LogP contribution in [0.5, 0.6) is 0 Å². The lowest BCUT2D eigenvalue weighted by molar-refractivity contribution is -0.119. The second-order valence-electron chi connectivity index (χ2n) is 3.13. The lowest BCUT2D eigenvalue weighted by Gasteiger charge is -2.13. The summed E-state index contributed by atoms with van der Waals surface area (Å²) < 4.78 is 0. The van der Waals surface area contributed by atoms with Gasteiger partial charge in [-0.05, 0) is 18.4 Å². The van der Waals surface area contributed by atoms with E-state index < -0.39 is 0 Å². The lowest BCUT2D eigenvalue weighted by Crippen LogP contribution is -2.35. The van der Waals surface area contributed by atoms with E-state index in [2.05, 4.69) is 33.4 Å². The number of halogens is 1. The van der Waals surface area contributed by atoms with Crippen molar-refractivity contribution < 1.29 is 4.79 Å². The van der Waals surface area contributed by atoms with Crippen LogP contribution in [0.15, 0.2) is 23.8 Å². The molecule has 4 heteroatoms. The molecule has 0 aromatic heterocycles. The summed E-state index contributed by atoms with van der Waals surface area (Å²) in [7, 11) is 0. The fourth-order valence-electron chi connectivity index (χ4n) is 1.26. The Kier molecular flexibility index (Phi) is 4.90. The van der Waals surface area contributed by atoms with E-state index in [1.165, 1.54) is 0 Å². The smallest absolute Gasteiger partial charge is 0.238 e. The Morgan fingerprint density at radius 1 is 1.64 bits per heavy atom. The van der Waals surface area contributed by atoms with Gasteiger partial charge in [0.1, 0.15) is 4.83 Å². The second-order valence-corrected chi connectivity index (χ2v) is 4.04. The summed E-state index contributed by atoms with van der Waals surface area (Å²) >= 11 is 3.36. The third-order valence-corrected chi connectivity index (χ3v) is 2.93. The highest BCUT2D eigenvalue weighted by Gasteiger charge is 2.17. The van der Waals surface area contributed by atoms with E-state index in [0.29, 0.717) is 13.1 Å². The average Bonchev–Trinajstić information content (AvgIpc) is 2.26. The molecular formula is C10H15BrN2O. The van der Waals surface area contributed by atoms with Crippen LogP contribution in [0.3, 0.4) is 0 Å². The fourth-order valence-corrected chi connectivity index (χ4v) is 1.76. The molecule has 3 N–H and O–H groups in total. The SMILES string of the molecule is NCCNC(=O)C(Br)C1=CCCC=C1. The van der Waals surface area contributed by atoms with E-state index >= 15 is 0 Å². The predicted octanol–water partition coefficient (Wildman–Crippen LogP) is 1.10. The number of hydrogen-bond donors (Lipinski definition) is 2. The van der Waals surface area contributed by atoms with E-state index in [-0.39, 0.29) is 10.7 Å². The molecule has 0 fully saturated rings. The third kappa shape index (κ3) is 3.27. The van der Waals surface area contributed by atoms with Crippen molar-refractivity contribution in [3.05, 3.63) is 23.8 Å². The first-order valence-electron chi connectivity index (χ1n) is 4.74. The van der Waals surface area contributed by atoms with Gasteiger partial charge in [-0.1, -0.05) is 34.2 Å². The Morgan fingerprint density at radius 3 is 3.00 bits per heavy atom. The van der Waals surface area contributed by atoms with Crippen LogP contribution < -0.4 is 11.1 Å². The Labute approximate surface area is 92.6 Å². The fraction of sp³-hybridized carbons (Fsp3) is 0.500. The van der Waals surface area contributed by atoms with Gasteiger partial charge in [-0.2, -0.15) is 0 Å².